The number of pyridine rings is 1. The van der Waals surface area contributed by atoms with E-state index in [9.17, 15) is 22.4 Å². The minimum absolute atomic E-state index is 0.0233. The Kier molecular flexibility index (Phi) is 7.58. The molecule has 4 fully saturated rings. The second kappa shape index (κ2) is 11.6. The number of carbonyl (C=O) groups excluding carboxylic acids is 1. The van der Waals surface area contributed by atoms with E-state index in [4.69, 9.17) is 16.1 Å². The van der Waals surface area contributed by atoms with Gasteiger partial charge in [-0.15, -0.1) is 6.42 Å². The lowest BCUT2D eigenvalue weighted by Gasteiger charge is -2.32. The molecule has 5 atom stereocenters. The van der Waals surface area contributed by atoms with Crippen LogP contribution in [-0.2, 0) is 4.79 Å². The second-order valence-electron chi connectivity index (χ2n) is 14.5. The molecule has 0 unspecified atom stereocenters. The van der Waals surface area contributed by atoms with E-state index in [-0.39, 0.29) is 96.5 Å². The van der Waals surface area contributed by atoms with Crippen molar-refractivity contribution in [3.05, 3.63) is 66.4 Å². The number of hydrogen-bond acceptors (Lipinski definition) is 7. The highest BCUT2D eigenvalue weighted by atomic mass is 19.3. The first-order valence-corrected chi connectivity index (χ1v) is 16.9. The molecule has 3 aliphatic heterocycles. The Labute approximate surface area is 291 Å². The molecule has 1 spiro atoms. The number of fused-ring (bicyclic) bond motifs is 3. The van der Waals surface area contributed by atoms with Gasteiger partial charge in [-0.3, -0.25) is 14.7 Å². The van der Waals surface area contributed by atoms with Gasteiger partial charge in [0.25, 0.3) is 5.92 Å². The van der Waals surface area contributed by atoms with Gasteiger partial charge in [0.2, 0.25) is 5.91 Å². The van der Waals surface area contributed by atoms with Crippen molar-refractivity contribution in [3.8, 4) is 29.6 Å². The van der Waals surface area contributed by atoms with Crippen LogP contribution < -0.4 is 9.64 Å². The Morgan fingerprint density at radius 1 is 1.22 bits per heavy atom. The monoisotopic (exact) mass is 702 g/mol. The molecule has 1 saturated carbocycles. The largest absolute Gasteiger partial charge is 0.461 e. The molecule has 2 aromatic heterocycles. The van der Waals surface area contributed by atoms with Crippen molar-refractivity contribution in [3.63, 3.8) is 0 Å². The molecule has 8 rings (SSSR count). The maximum atomic E-state index is 16.9. The van der Waals surface area contributed by atoms with Crippen molar-refractivity contribution in [1.82, 2.24) is 24.8 Å². The third kappa shape index (κ3) is 5.05. The van der Waals surface area contributed by atoms with Crippen molar-refractivity contribution in [2.45, 2.75) is 62.3 Å². The van der Waals surface area contributed by atoms with Gasteiger partial charge in [-0.1, -0.05) is 36.8 Å². The summed E-state index contributed by atoms with van der Waals surface area (Å²) in [5.74, 6) is -1.85. The molecule has 264 valence electrons. The zero-order chi connectivity index (χ0) is 36.0. The van der Waals surface area contributed by atoms with Crippen LogP contribution in [0.15, 0.2) is 49.2 Å². The lowest BCUT2D eigenvalue weighted by molar-refractivity contribution is -0.126. The number of ether oxygens (including phenoxy) is 1. The third-order valence-corrected chi connectivity index (χ3v) is 11.6. The van der Waals surface area contributed by atoms with Gasteiger partial charge in [-0.05, 0) is 37.3 Å². The average Bonchev–Trinajstić information content (AvgIpc) is 3.40. The number of aromatic nitrogens is 3. The maximum Gasteiger partial charge on any atom is 0.319 e. The predicted octanol–water partition coefficient (Wildman–Crippen LogP) is 6.31. The number of terminal acetylenes is 1. The molecule has 0 radical (unpaired) electrons. The summed E-state index contributed by atoms with van der Waals surface area (Å²) in [6, 6.07) is 7.10. The zero-order valence-electron chi connectivity index (χ0n) is 28.1. The first-order valence-electron chi connectivity index (χ1n) is 16.9. The fraction of sp³-hybridized carbons (Fsp3) is 0.421. The number of halogens is 5. The summed E-state index contributed by atoms with van der Waals surface area (Å²) < 4.78 is 81.8. The molecule has 3 saturated heterocycles. The zero-order valence-corrected chi connectivity index (χ0v) is 28.1. The van der Waals surface area contributed by atoms with Gasteiger partial charge in [-0.25, -0.2) is 22.0 Å². The fourth-order valence-electron chi connectivity index (χ4n) is 8.91. The van der Waals surface area contributed by atoms with E-state index >= 15 is 4.39 Å². The summed E-state index contributed by atoms with van der Waals surface area (Å²) in [4.78, 5) is 31.5. The van der Waals surface area contributed by atoms with Gasteiger partial charge in [0, 0.05) is 62.7 Å². The molecule has 8 nitrogen and oxygen atoms in total. The molecule has 13 heteroatoms. The van der Waals surface area contributed by atoms with Crippen LogP contribution in [0.25, 0.3) is 32.9 Å². The average molecular weight is 703 g/mol. The Balaban J connectivity index is 1.24. The number of likely N-dealkylation sites (tertiary alicyclic amines) is 1. The molecule has 2 aromatic carbocycles. The second-order valence-corrected chi connectivity index (χ2v) is 14.5. The van der Waals surface area contributed by atoms with Crippen LogP contribution in [0.3, 0.4) is 0 Å². The van der Waals surface area contributed by atoms with Crippen LogP contribution in [0.1, 0.15) is 38.2 Å². The minimum atomic E-state index is -2.82. The SMILES string of the molecule is C#Cc1c(F)ccc2cccc(-c3ncc4c(N(C)[C@@H]5CCN(C(=O)C=C)[C@@H]5C)nc(OC[C@]56C[C@@H](F)CN5C[C@@]5(CC5(F)F)C6)nc4c3F)c12. The molecule has 51 heavy (non-hydrogen) atoms. The van der Waals surface area contributed by atoms with Gasteiger partial charge in [0.05, 0.1) is 27.9 Å². The molecule has 5 heterocycles. The summed E-state index contributed by atoms with van der Waals surface area (Å²) in [6.07, 6.45) is 7.61. The maximum absolute atomic E-state index is 16.9. The lowest BCUT2D eigenvalue weighted by atomic mass is 9.88. The molecule has 4 aliphatic rings. The van der Waals surface area contributed by atoms with Crippen molar-refractivity contribution in [2.75, 3.05) is 38.2 Å². The first-order chi connectivity index (χ1) is 24.3. The van der Waals surface area contributed by atoms with E-state index in [0.717, 1.165) is 0 Å². The van der Waals surface area contributed by atoms with Crippen molar-refractivity contribution < 1.29 is 31.5 Å². The van der Waals surface area contributed by atoms with E-state index in [2.05, 4.69) is 22.5 Å². The Morgan fingerprint density at radius 2 is 2.00 bits per heavy atom. The van der Waals surface area contributed by atoms with Crippen molar-refractivity contribution in [2.24, 2.45) is 5.41 Å². The Hall–Kier alpha value is -4.83. The number of amides is 1. The molecule has 0 N–H and O–H groups in total. The normalized spacial score (nSPS) is 28.0. The first kappa shape index (κ1) is 33.3. The number of anilines is 1. The summed E-state index contributed by atoms with van der Waals surface area (Å²) in [7, 11) is 1.77. The summed E-state index contributed by atoms with van der Waals surface area (Å²) >= 11 is 0. The molecular weight excluding hydrogens is 667 g/mol. The number of rotatable bonds is 7. The molecule has 1 aliphatic carbocycles. The smallest absolute Gasteiger partial charge is 0.319 e. The van der Waals surface area contributed by atoms with E-state index in [0.29, 0.717) is 23.7 Å². The quantitative estimate of drug-likeness (QED) is 0.127. The van der Waals surface area contributed by atoms with E-state index < -0.39 is 34.7 Å². The highest BCUT2D eigenvalue weighted by Crippen LogP contribution is 2.69. The van der Waals surface area contributed by atoms with Crippen LogP contribution in [0.2, 0.25) is 0 Å². The Bertz CT molecular complexity index is 2170. The summed E-state index contributed by atoms with van der Waals surface area (Å²) in [5, 5.41) is 1.15. The van der Waals surface area contributed by atoms with Crippen molar-refractivity contribution in [1.29, 1.82) is 0 Å². The highest BCUT2D eigenvalue weighted by Gasteiger charge is 2.77. The lowest BCUT2D eigenvalue weighted by Crippen LogP contribution is -2.44. The summed E-state index contributed by atoms with van der Waals surface area (Å²) in [5.41, 5.74) is -2.24. The standard InChI is InChI=1S/C38H35F5N6O2/c1-5-24-27(40)11-10-22-8-7-9-25(30(22)24)32-31(41)33-26(15-44-32)34(47(4)28-12-13-49(21(28)3)29(50)6-2)46-35(45-33)51-20-37-14-23(39)16-48(37)19-36(17-37)18-38(36,42)43/h1,6-11,15,21,23,28H,2,12-14,16-20H2,3-4H3/t21-,23-,28-,36+,37-/m1/s1. The molecule has 1 amide bonds. The van der Waals surface area contributed by atoms with Gasteiger partial charge < -0.3 is 14.5 Å². The van der Waals surface area contributed by atoms with Crippen LogP contribution in [0.5, 0.6) is 6.01 Å². The number of carbonyl (C=O) groups is 1. The minimum Gasteiger partial charge on any atom is -0.461 e. The summed E-state index contributed by atoms with van der Waals surface area (Å²) in [6.45, 7) is 5.91. The van der Waals surface area contributed by atoms with Crippen molar-refractivity contribution >= 4 is 33.4 Å². The highest BCUT2D eigenvalue weighted by molar-refractivity contribution is 6.02. The van der Waals surface area contributed by atoms with Gasteiger partial charge in [0.15, 0.2) is 5.82 Å². The number of alkyl halides is 3. The predicted molar refractivity (Wildman–Crippen MR) is 182 cm³/mol. The van der Waals surface area contributed by atoms with Gasteiger partial charge in [-0.2, -0.15) is 9.97 Å². The third-order valence-electron chi connectivity index (χ3n) is 11.6. The van der Waals surface area contributed by atoms with E-state index in [1.807, 2.05) is 11.8 Å². The number of nitrogens with zero attached hydrogens (tertiary/aromatic N) is 6. The van der Waals surface area contributed by atoms with E-state index in [1.165, 1.54) is 18.3 Å². The Morgan fingerprint density at radius 3 is 2.73 bits per heavy atom. The number of hydrogen-bond donors (Lipinski definition) is 0. The van der Waals surface area contributed by atoms with Crippen LogP contribution >= 0.6 is 0 Å². The van der Waals surface area contributed by atoms with Crippen LogP contribution in [0, 0.1) is 29.4 Å². The van der Waals surface area contributed by atoms with E-state index in [1.54, 1.807) is 41.1 Å². The fourth-order valence-corrected chi connectivity index (χ4v) is 8.91. The van der Waals surface area contributed by atoms with Crippen LogP contribution in [-0.4, -0.2) is 93.7 Å². The molecule has 0 bridgehead atoms. The van der Waals surface area contributed by atoms with Crippen LogP contribution in [0.4, 0.5) is 27.8 Å². The topological polar surface area (TPSA) is 74.7 Å². The molecule has 4 aromatic rings. The number of likely N-dealkylation sites (N-methyl/N-ethyl adjacent to an activating group) is 1. The van der Waals surface area contributed by atoms with Gasteiger partial charge >= 0.3 is 6.01 Å². The molecular formula is C38H35F5N6O2. The van der Waals surface area contributed by atoms with Gasteiger partial charge in [0.1, 0.15) is 35.6 Å². The number of benzene rings is 2.